The van der Waals surface area contributed by atoms with Gasteiger partial charge in [0, 0.05) is 18.9 Å². The first-order valence-electron chi connectivity index (χ1n) is 5.30. The van der Waals surface area contributed by atoms with Gasteiger partial charge in [-0.25, -0.2) is 0 Å². The minimum absolute atomic E-state index is 0.639. The highest BCUT2D eigenvalue weighted by Crippen LogP contribution is 2.18. The van der Waals surface area contributed by atoms with Gasteiger partial charge >= 0.3 is 0 Å². The van der Waals surface area contributed by atoms with E-state index in [1.165, 1.54) is 30.5 Å². The third-order valence-corrected chi connectivity index (χ3v) is 2.51. The summed E-state index contributed by atoms with van der Waals surface area (Å²) in [7, 11) is 2.14. The molecule has 0 unspecified atom stereocenters. The van der Waals surface area contributed by atoms with E-state index >= 15 is 0 Å². The zero-order valence-corrected chi connectivity index (χ0v) is 9.30. The maximum Gasteiger partial charge on any atom is 0.0200 e. The van der Waals surface area contributed by atoms with Gasteiger partial charge in [-0.2, -0.15) is 0 Å². The number of unbranched alkanes of at least 4 members (excludes halogenated alkanes) is 1. The lowest BCUT2D eigenvalue weighted by Gasteiger charge is -2.04. The van der Waals surface area contributed by atoms with Crippen LogP contribution in [0.2, 0.25) is 0 Å². The standard InChI is InChI=1S/C12H21N/c1-5-6-7-11-8-12(10(2)3)13(4)9-11/h8-10H,5-7H2,1-4H3. The molecule has 0 bridgehead atoms. The highest BCUT2D eigenvalue weighted by atomic mass is 14.9. The largest absolute Gasteiger partial charge is 0.354 e. The van der Waals surface area contributed by atoms with E-state index in [-0.39, 0.29) is 0 Å². The molecule has 0 aliphatic heterocycles. The molecule has 0 atom stereocenters. The predicted molar refractivity (Wildman–Crippen MR) is 58.1 cm³/mol. The molecule has 0 aliphatic rings. The van der Waals surface area contributed by atoms with Gasteiger partial charge in [0.15, 0.2) is 0 Å². The van der Waals surface area contributed by atoms with E-state index in [0.29, 0.717) is 5.92 Å². The van der Waals surface area contributed by atoms with Crippen molar-refractivity contribution in [2.45, 2.75) is 46.0 Å². The van der Waals surface area contributed by atoms with Gasteiger partial charge in [0.1, 0.15) is 0 Å². The van der Waals surface area contributed by atoms with Crippen molar-refractivity contribution in [2.75, 3.05) is 0 Å². The zero-order valence-electron chi connectivity index (χ0n) is 9.30. The van der Waals surface area contributed by atoms with E-state index in [1.54, 1.807) is 0 Å². The fourth-order valence-electron chi connectivity index (χ4n) is 1.74. The van der Waals surface area contributed by atoms with Crippen LogP contribution in [0.15, 0.2) is 12.3 Å². The van der Waals surface area contributed by atoms with Crippen molar-refractivity contribution in [1.82, 2.24) is 4.57 Å². The molecule has 0 N–H and O–H groups in total. The lowest BCUT2D eigenvalue weighted by Crippen LogP contribution is -1.95. The lowest BCUT2D eigenvalue weighted by molar-refractivity contribution is 0.740. The molecule has 0 saturated heterocycles. The Morgan fingerprint density at radius 2 is 2.08 bits per heavy atom. The van der Waals surface area contributed by atoms with Crippen LogP contribution < -0.4 is 0 Å². The Labute approximate surface area is 81.8 Å². The van der Waals surface area contributed by atoms with E-state index in [2.05, 4.69) is 44.6 Å². The maximum atomic E-state index is 2.35. The summed E-state index contributed by atoms with van der Waals surface area (Å²) in [5, 5.41) is 0. The molecule has 1 aromatic rings. The molecule has 0 spiro atoms. The summed E-state index contributed by atoms with van der Waals surface area (Å²) in [5.74, 6) is 0.639. The van der Waals surface area contributed by atoms with Crippen LogP contribution in [0.25, 0.3) is 0 Å². The first-order chi connectivity index (χ1) is 6.15. The molecule has 0 aliphatic carbocycles. The molecule has 13 heavy (non-hydrogen) atoms. The Morgan fingerprint density at radius 1 is 1.38 bits per heavy atom. The van der Waals surface area contributed by atoms with E-state index in [0.717, 1.165) is 0 Å². The third kappa shape index (κ3) is 2.61. The van der Waals surface area contributed by atoms with Gasteiger partial charge < -0.3 is 4.57 Å². The van der Waals surface area contributed by atoms with Gasteiger partial charge in [0.2, 0.25) is 0 Å². The van der Waals surface area contributed by atoms with Crippen molar-refractivity contribution < 1.29 is 0 Å². The first-order valence-corrected chi connectivity index (χ1v) is 5.30. The number of aryl methyl sites for hydroxylation is 2. The number of rotatable bonds is 4. The van der Waals surface area contributed by atoms with Gasteiger partial charge in [-0.3, -0.25) is 0 Å². The SMILES string of the molecule is CCCCc1cc(C(C)C)n(C)c1. The van der Waals surface area contributed by atoms with E-state index in [9.17, 15) is 0 Å². The molecule has 1 rings (SSSR count). The summed E-state index contributed by atoms with van der Waals surface area (Å²) >= 11 is 0. The molecule has 1 nitrogen and oxygen atoms in total. The minimum Gasteiger partial charge on any atom is -0.354 e. The second-order valence-corrected chi connectivity index (χ2v) is 4.14. The predicted octanol–water partition coefficient (Wildman–Crippen LogP) is 3.49. The van der Waals surface area contributed by atoms with Gasteiger partial charge in [-0.15, -0.1) is 0 Å². The smallest absolute Gasteiger partial charge is 0.0200 e. The Kier molecular flexibility index (Phi) is 3.58. The quantitative estimate of drug-likeness (QED) is 0.666. The molecular weight excluding hydrogens is 158 g/mol. The monoisotopic (exact) mass is 179 g/mol. The number of aromatic nitrogens is 1. The average Bonchev–Trinajstić information content (AvgIpc) is 2.43. The van der Waals surface area contributed by atoms with Crippen molar-refractivity contribution in [3.05, 3.63) is 23.5 Å². The molecule has 1 aromatic heterocycles. The van der Waals surface area contributed by atoms with E-state index in [1.807, 2.05) is 0 Å². The lowest BCUT2D eigenvalue weighted by atomic mass is 10.1. The molecule has 1 heterocycles. The fourth-order valence-corrected chi connectivity index (χ4v) is 1.74. The van der Waals surface area contributed by atoms with Crippen molar-refractivity contribution in [2.24, 2.45) is 7.05 Å². The highest BCUT2D eigenvalue weighted by molar-refractivity contribution is 5.21. The van der Waals surface area contributed by atoms with E-state index < -0.39 is 0 Å². The van der Waals surface area contributed by atoms with Crippen LogP contribution in [0.1, 0.15) is 50.8 Å². The number of nitrogens with zero attached hydrogens (tertiary/aromatic N) is 1. The summed E-state index contributed by atoms with van der Waals surface area (Å²) in [6.45, 7) is 6.74. The average molecular weight is 179 g/mol. The Morgan fingerprint density at radius 3 is 2.54 bits per heavy atom. The summed E-state index contributed by atoms with van der Waals surface area (Å²) in [5.41, 5.74) is 2.94. The zero-order chi connectivity index (χ0) is 9.84. The van der Waals surface area contributed by atoms with E-state index in [4.69, 9.17) is 0 Å². The number of hydrogen-bond donors (Lipinski definition) is 0. The topological polar surface area (TPSA) is 4.93 Å². The van der Waals surface area contributed by atoms with Crippen molar-refractivity contribution in [3.63, 3.8) is 0 Å². The molecule has 0 amide bonds. The molecular formula is C12H21N. The van der Waals surface area contributed by atoms with Gasteiger partial charge in [-0.05, 0) is 30.4 Å². The molecule has 0 saturated carbocycles. The number of hydrogen-bond acceptors (Lipinski definition) is 0. The fraction of sp³-hybridized carbons (Fsp3) is 0.667. The highest BCUT2D eigenvalue weighted by Gasteiger charge is 2.05. The first kappa shape index (κ1) is 10.4. The Bertz CT molecular complexity index is 258. The van der Waals surface area contributed by atoms with Gasteiger partial charge in [0.25, 0.3) is 0 Å². The summed E-state index contributed by atoms with van der Waals surface area (Å²) in [6.07, 6.45) is 6.09. The normalized spacial score (nSPS) is 11.2. The molecule has 0 fully saturated rings. The molecule has 1 heteroatoms. The molecule has 0 aromatic carbocycles. The van der Waals surface area contributed by atoms with Crippen LogP contribution in [0, 0.1) is 0 Å². The maximum absolute atomic E-state index is 2.35. The second kappa shape index (κ2) is 4.50. The molecule has 74 valence electrons. The Balaban J connectivity index is 2.71. The van der Waals surface area contributed by atoms with Crippen molar-refractivity contribution in [1.29, 1.82) is 0 Å². The van der Waals surface area contributed by atoms with Crippen LogP contribution in [-0.2, 0) is 13.5 Å². The van der Waals surface area contributed by atoms with Crippen LogP contribution >= 0.6 is 0 Å². The van der Waals surface area contributed by atoms with Gasteiger partial charge in [-0.1, -0.05) is 27.2 Å². The third-order valence-electron chi connectivity index (χ3n) is 2.51. The molecule has 0 radical (unpaired) electrons. The van der Waals surface area contributed by atoms with Crippen molar-refractivity contribution in [3.8, 4) is 0 Å². The summed E-state index contributed by atoms with van der Waals surface area (Å²) < 4.78 is 2.26. The van der Waals surface area contributed by atoms with Crippen LogP contribution in [0.3, 0.4) is 0 Å². The van der Waals surface area contributed by atoms with Gasteiger partial charge in [0.05, 0.1) is 0 Å². The summed E-state index contributed by atoms with van der Waals surface area (Å²) in [4.78, 5) is 0. The van der Waals surface area contributed by atoms with Crippen LogP contribution in [0.4, 0.5) is 0 Å². The van der Waals surface area contributed by atoms with Crippen LogP contribution in [0.5, 0.6) is 0 Å². The Hall–Kier alpha value is -0.720. The summed E-state index contributed by atoms with van der Waals surface area (Å²) in [6, 6.07) is 2.35. The van der Waals surface area contributed by atoms with Crippen molar-refractivity contribution >= 4 is 0 Å². The van der Waals surface area contributed by atoms with Crippen LogP contribution in [-0.4, -0.2) is 4.57 Å². The minimum atomic E-state index is 0.639. The second-order valence-electron chi connectivity index (χ2n) is 4.14.